The van der Waals surface area contributed by atoms with Crippen molar-refractivity contribution < 1.29 is 0 Å². The Morgan fingerprint density at radius 2 is 0.688 bits per heavy atom. The Labute approximate surface area is 450 Å². The van der Waals surface area contributed by atoms with Crippen LogP contribution in [0.3, 0.4) is 0 Å². The zero-order valence-corrected chi connectivity index (χ0v) is 44.4. The number of nitrogens with zero attached hydrogens (tertiary/aromatic N) is 3. The highest BCUT2D eigenvalue weighted by Crippen LogP contribution is 2.45. The van der Waals surface area contributed by atoms with Crippen molar-refractivity contribution in [3.63, 3.8) is 0 Å². The van der Waals surface area contributed by atoms with Gasteiger partial charge in [-0.05, 0) is 162 Å². The van der Waals surface area contributed by atoms with Gasteiger partial charge in [-0.25, -0.2) is 4.98 Å². The van der Waals surface area contributed by atoms with Crippen LogP contribution in [0.2, 0.25) is 0 Å². The zero-order chi connectivity index (χ0) is 51.9. The van der Waals surface area contributed by atoms with Crippen molar-refractivity contribution in [3.8, 4) is 78.4 Å². The van der Waals surface area contributed by atoms with Crippen LogP contribution in [-0.4, -0.2) is 20.8 Å². The predicted octanol–water partition coefficient (Wildman–Crippen LogP) is 17.0. The third-order valence-corrected chi connectivity index (χ3v) is 16.7. The van der Waals surface area contributed by atoms with E-state index in [-0.39, 0.29) is 17.5 Å². The lowest BCUT2D eigenvalue weighted by Gasteiger charge is -2.35. The van der Waals surface area contributed by atoms with Crippen molar-refractivity contribution in [2.24, 2.45) is 0 Å². The van der Waals surface area contributed by atoms with Crippen molar-refractivity contribution in [2.45, 2.75) is 52.4 Å². The smallest absolute Gasteiger partial charge is 0.252 e. The standard InChI is InChI=1S/C73H56BN3/c1-72(2,3)55-41-59-57-37-49(45-20-11-7-12-21-45)30-32-65(57)76-67-39-54(64-29-19-28-63(75-64)53-35-51(47-24-15-9-16-25-47)34-52(36-53)48-26-17-10-18-27-48)40-68-69(67)74(61(43-55)70(59)76)62-44-56(73(4,5)6)42-60-58-38-50(46-22-13-8-14-23-46)31-33-66(58)77(68)71(60)62/h7-44H,1-6H3. The molecule has 366 valence electrons. The third kappa shape index (κ3) is 7.15. The van der Waals surface area contributed by atoms with E-state index in [2.05, 4.69) is 281 Å². The van der Waals surface area contributed by atoms with Crippen LogP contribution in [-0.2, 0) is 10.8 Å². The van der Waals surface area contributed by atoms with E-state index in [1.54, 1.807) is 0 Å². The average Bonchev–Trinajstić information content (AvgIpc) is 3.83. The topological polar surface area (TPSA) is 22.8 Å². The van der Waals surface area contributed by atoms with Crippen molar-refractivity contribution in [2.75, 3.05) is 0 Å². The van der Waals surface area contributed by atoms with Crippen molar-refractivity contribution in [1.29, 1.82) is 0 Å². The summed E-state index contributed by atoms with van der Waals surface area (Å²) in [5.74, 6) is 0. The summed E-state index contributed by atoms with van der Waals surface area (Å²) >= 11 is 0. The molecule has 0 fully saturated rings. The van der Waals surface area contributed by atoms with E-state index in [9.17, 15) is 0 Å². The maximum atomic E-state index is 5.68. The molecule has 0 radical (unpaired) electrons. The van der Waals surface area contributed by atoms with Crippen LogP contribution in [0.4, 0.5) is 0 Å². The maximum absolute atomic E-state index is 5.68. The second kappa shape index (κ2) is 16.8. The van der Waals surface area contributed by atoms with Gasteiger partial charge in [0.15, 0.2) is 0 Å². The zero-order valence-electron chi connectivity index (χ0n) is 44.4. The number of benzene rings is 10. The lowest BCUT2D eigenvalue weighted by Crippen LogP contribution is -2.59. The molecular weight excluding hydrogens is 930 g/mol. The van der Waals surface area contributed by atoms with E-state index >= 15 is 0 Å². The van der Waals surface area contributed by atoms with Gasteiger partial charge in [-0.3, -0.25) is 0 Å². The molecule has 2 aliphatic heterocycles. The van der Waals surface area contributed by atoms with E-state index in [4.69, 9.17) is 4.98 Å². The van der Waals surface area contributed by atoms with Crippen LogP contribution in [0.25, 0.3) is 122 Å². The first-order chi connectivity index (χ1) is 37.4. The molecule has 77 heavy (non-hydrogen) atoms. The van der Waals surface area contributed by atoms with Gasteiger partial charge >= 0.3 is 0 Å². The molecule has 0 aliphatic carbocycles. The summed E-state index contributed by atoms with van der Waals surface area (Å²) in [6.45, 7) is 14.2. The fraction of sp³-hybridized carbons (Fsp3) is 0.110. The molecule has 0 spiro atoms. The number of hydrogen-bond acceptors (Lipinski definition) is 1. The van der Waals surface area contributed by atoms with Gasteiger partial charge in [-0.2, -0.15) is 0 Å². The number of pyridine rings is 1. The lowest BCUT2D eigenvalue weighted by molar-refractivity contribution is 0.591. The monoisotopic (exact) mass is 985 g/mol. The minimum atomic E-state index is -0.0950. The number of fused-ring (bicyclic) bond motifs is 10. The molecule has 0 saturated carbocycles. The van der Waals surface area contributed by atoms with Crippen LogP contribution in [0.5, 0.6) is 0 Å². The van der Waals surface area contributed by atoms with Crippen LogP contribution >= 0.6 is 0 Å². The Morgan fingerprint density at radius 1 is 0.312 bits per heavy atom. The van der Waals surface area contributed by atoms with E-state index in [1.165, 1.54) is 116 Å². The maximum Gasteiger partial charge on any atom is 0.252 e. The van der Waals surface area contributed by atoms with Gasteiger partial charge in [-0.15, -0.1) is 0 Å². The molecule has 0 saturated heterocycles. The van der Waals surface area contributed by atoms with Gasteiger partial charge < -0.3 is 9.13 Å². The number of rotatable bonds is 6. The Balaban J connectivity index is 1.05. The second-order valence-corrected chi connectivity index (χ2v) is 23.6. The molecular formula is C73H56BN3. The summed E-state index contributed by atoms with van der Waals surface area (Å²) < 4.78 is 5.24. The summed E-state index contributed by atoms with van der Waals surface area (Å²) in [6.07, 6.45) is 0. The molecule has 5 heterocycles. The summed E-state index contributed by atoms with van der Waals surface area (Å²) in [6, 6.07) is 86.0. The number of hydrogen-bond donors (Lipinski definition) is 0. The Kier molecular flexibility index (Phi) is 9.88. The Hall–Kier alpha value is -8.99. The van der Waals surface area contributed by atoms with Gasteiger partial charge in [0.1, 0.15) is 0 Å². The van der Waals surface area contributed by atoms with E-state index in [0.29, 0.717) is 0 Å². The van der Waals surface area contributed by atoms with Crippen LogP contribution < -0.4 is 16.4 Å². The second-order valence-electron chi connectivity index (χ2n) is 23.6. The molecule has 13 aromatic rings. The fourth-order valence-corrected chi connectivity index (χ4v) is 12.8. The predicted molar refractivity (Wildman–Crippen MR) is 328 cm³/mol. The lowest BCUT2D eigenvalue weighted by atomic mass is 9.34. The molecule has 15 rings (SSSR count). The van der Waals surface area contributed by atoms with E-state index < -0.39 is 0 Å². The number of aromatic nitrogens is 3. The SMILES string of the molecule is CC(C)(C)c1cc2c3c(c1)c1cc(-c4ccccc4)ccc1n3-c1cc(-c3cccc(-c4cc(-c5ccccc5)cc(-c5ccccc5)c4)n3)cc3c1B2c1cc(C(C)(C)C)cc2c4cc(-c5ccccc5)ccc4n-3c12. The third-order valence-electron chi connectivity index (χ3n) is 16.7. The van der Waals surface area contributed by atoms with Crippen LogP contribution in [0.15, 0.2) is 231 Å². The molecule has 3 aromatic heterocycles. The molecule has 3 nitrogen and oxygen atoms in total. The van der Waals surface area contributed by atoms with Crippen molar-refractivity contribution >= 4 is 66.7 Å². The summed E-state index contributed by atoms with van der Waals surface area (Å²) in [7, 11) is 0. The van der Waals surface area contributed by atoms with Gasteiger partial charge in [0.25, 0.3) is 6.71 Å². The minimum Gasteiger partial charge on any atom is -0.310 e. The quantitative estimate of drug-likeness (QED) is 0.152. The fourth-order valence-electron chi connectivity index (χ4n) is 12.8. The molecule has 0 amide bonds. The molecule has 10 aromatic carbocycles. The van der Waals surface area contributed by atoms with Crippen molar-refractivity contribution in [1.82, 2.24) is 14.1 Å². The van der Waals surface area contributed by atoms with E-state index in [0.717, 1.165) is 33.6 Å². The summed E-state index contributed by atoms with van der Waals surface area (Å²) in [5, 5.41) is 5.14. The highest BCUT2D eigenvalue weighted by atomic mass is 15.0. The van der Waals surface area contributed by atoms with Crippen LogP contribution in [0.1, 0.15) is 52.7 Å². The minimum absolute atomic E-state index is 0.0316. The first kappa shape index (κ1) is 45.4. The highest BCUT2D eigenvalue weighted by Gasteiger charge is 2.43. The normalized spacial score (nSPS) is 12.8. The Bertz CT molecular complexity index is 4290. The van der Waals surface area contributed by atoms with Gasteiger partial charge in [0, 0.05) is 55.1 Å². The summed E-state index contributed by atoms with van der Waals surface area (Å²) in [4.78, 5) is 5.68. The molecule has 2 aliphatic rings. The summed E-state index contributed by atoms with van der Waals surface area (Å²) in [5.41, 5.74) is 27.6. The molecule has 0 bridgehead atoms. The molecule has 0 atom stereocenters. The average molecular weight is 986 g/mol. The van der Waals surface area contributed by atoms with E-state index in [1.807, 2.05) is 0 Å². The highest BCUT2D eigenvalue weighted by molar-refractivity contribution is 7.00. The molecule has 4 heteroatoms. The molecule has 0 unspecified atom stereocenters. The first-order valence-corrected chi connectivity index (χ1v) is 27.2. The molecule has 0 N–H and O–H groups in total. The van der Waals surface area contributed by atoms with Gasteiger partial charge in [0.05, 0.1) is 22.4 Å². The van der Waals surface area contributed by atoms with Gasteiger partial charge in [0.2, 0.25) is 0 Å². The largest absolute Gasteiger partial charge is 0.310 e. The van der Waals surface area contributed by atoms with Crippen molar-refractivity contribution in [3.05, 3.63) is 242 Å². The van der Waals surface area contributed by atoms with Crippen LogP contribution in [0, 0.1) is 0 Å². The Morgan fingerprint density at radius 3 is 1.09 bits per heavy atom. The first-order valence-electron chi connectivity index (χ1n) is 27.2. The van der Waals surface area contributed by atoms with Gasteiger partial charge in [-0.1, -0.05) is 193 Å².